The van der Waals surface area contributed by atoms with Gasteiger partial charge in [0.1, 0.15) is 0 Å². The fourth-order valence-electron chi connectivity index (χ4n) is 2.34. The standard InChI is InChI=1S/C18H23N3O4S/c1-14-5-6-16(26(23,24)21-10-11-25-2)12-17(14)18(22)20-9-7-15-4-3-8-19-13-15/h3-6,8,12-13,21H,7,9-11H2,1-2H3,(H,20,22). The molecule has 0 fully saturated rings. The molecule has 0 radical (unpaired) electrons. The number of hydrogen-bond donors (Lipinski definition) is 2. The molecular formula is C18H23N3O4S. The van der Waals surface area contributed by atoms with Gasteiger partial charge in [0.2, 0.25) is 10.0 Å². The van der Waals surface area contributed by atoms with Gasteiger partial charge in [0.25, 0.3) is 5.91 Å². The average Bonchev–Trinajstić information content (AvgIpc) is 2.63. The number of aryl methyl sites for hydroxylation is 1. The third kappa shape index (κ3) is 5.62. The highest BCUT2D eigenvalue weighted by Gasteiger charge is 2.17. The van der Waals surface area contributed by atoms with Gasteiger partial charge in [0.15, 0.2) is 0 Å². The van der Waals surface area contributed by atoms with Crippen LogP contribution in [0.15, 0.2) is 47.6 Å². The number of amides is 1. The summed E-state index contributed by atoms with van der Waals surface area (Å²) in [5, 5.41) is 2.82. The maximum atomic E-state index is 12.4. The van der Waals surface area contributed by atoms with Crippen LogP contribution >= 0.6 is 0 Å². The molecule has 0 unspecified atom stereocenters. The molecule has 8 heteroatoms. The number of ether oxygens (including phenoxy) is 1. The number of pyridine rings is 1. The van der Waals surface area contributed by atoms with Gasteiger partial charge in [0, 0.05) is 38.2 Å². The zero-order chi connectivity index (χ0) is 19.0. The van der Waals surface area contributed by atoms with Gasteiger partial charge in [0.05, 0.1) is 11.5 Å². The van der Waals surface area contributed by atoms with E-state index in [-0.39, 0.29) is 24.0 Å². The van der Waals surface area contributed by atoms with Gasteiger partial charge in [-0.3, -0.25) is 9.78 Å². The summed E-state index contributed by atoms with van der Waals surface area (Å²) in [7, 11) is -2.19. The van der Waals surface area contributed by atoms with Crippen molar-refractivity contribution in [3.8, 4) is 0 Å². The Balaban J connectivity index is 2.05. The predicted molar refractivity (Wildman–Crippen MR) is 98.5 cm³/mol. The van der Waals surface area contributed by atoms with E-state index < -0.39 is 10.0 Å². The monoisotopic (exact) mass is 377 g/mol. The molecule has 0 aliphatic rings. The summed E-state index contributed by atoms with van der Waals surface area (Å²) in [6, 6.07) is 8.27. The summed E-state index contributed by atoms with van der Waals surface area (Å²) in [5.41, 5.74) is 2.06. The van der Waals surface area contributed by atoms with Crippen molar-refractivity contribution in [2.24, 2.45) is 0 Å². The van der Waals surface area contributed by atoms with Crippen molar-refractivity contribution in [1.82, 2.24) is 15.0 Å². The summed E-state index contributed by atoms with van der Waals surface area (Å²) in [4.78, 5) is 16.5. The third-order valence-corrected chi connectivity index (χ3v) is 5.24. The van der Waals surface area contributed by atoms with E-state index in [4.69, 9.17) is 4.74 Å². The molecule has 7 nitrogen and oxygen atoms in total. The first-order chi connectivity index (χ1) is 12.4. The first kappa shape index (κ1) is 20.0. The predicted octanol–water partition coefficient (Wildman–Crippen LogP) is 1.29. The van der Waals surface area contributed by atoms with Gasteiger partial charge in [-0.1, -0.05) is 12.1 Å². The smallest absolute Gasteiger partial charge is 0.251 e. The van der Waals surface area contributed by atoms with Gasteiger partial charge in [-0.15, -0.1) is 0 Å². The van der Waals surface area contributed by atoms with Crippen LogP contribution in [0.1, 0.15) is 21.5 Å². The minimum Gasteiger partial charge on any atom is -0.383 e. The van der Waals surface area contributed by atoms with Crippen molar-refractivity contribution < 1.29 is 17.9 Å². The number of methoxy groups -OCH3 is 1. The SMILES string of the molecule is COCCNS(=O)(=O)c1ccc(C)c(C(=O)NCCc2cccnc2)c1. The van der Waals surface area contributed by atoms with Crippen LogP contribution in [-0.2, 0) is 21.2 Å². The minimum atomic E-state index is -3.69. The van der Waals surface area contributed by atoms with Crippen molar-refractivity contribution in [3.63, 3.8) is 0 Å². The van der Waals surface area contributed by atoms with E-state index in [1.54, 1.807) is 25.4 Å². The average molecular weight is 377 g/mol. The van der Waals surface area contributed by atoms with Crippen LogP contribution in [0.25, 0.3) is 0 Å². The Morgan fingerprint density at radius 3 is 2.73 bits per heavy atom. The van der Waals surface area contributed by atoms with E-state index in [1.165, 1.54) is 19.2 Å². The molecule has 0 spiro atoms. The maximum Gasteiger partial charge on any atom is 0.251 e. The van der Waals surface area contributed by atoms with Crippen LogP contribution in [0.2, 0.25) is 0 Å². The molecule has 1 aromatic carbocycles. The molecule has 2 rings (SSSR count). The third-order valence-electron chi connectivity index (χ3n) is 3.78. The van der Waals surface area contributed by atoms with E-state index in [2.05, 4.69) is 15.0 Å². The summed E-state index contributed by atoms with van der Waals surface area (Å²) in [5.74, 6) is -0.305. The molecule has 0 aliphatic heterocycles. The second-order valence-corrected chi connectivity index (χ2v) is 7.50. The Morgan fingerprint density at radius 2 is 2.04 bits per heavy atom. The fourth-order valence-corrected chi connectivity index (χ4v) is 3.37. The highest BCUT2D eigenvalue weighted by Crippen LogP contribution is 2.15. The Morgan fingerprint density at radius 1 is 1.23 bits per heavy atom. The molecular weight excluding hydrogens is 354 g/mol. The van der Waals surface area contributed by atoms with Gasteiger partial charge in [-0.2, -0.15) is 0 Å². The summed E-state index contributed by atoms with van der Waals surface area (Å²) < 4.78 is 31.8. The zero-order valence-electron chi connectivity index (χ0n) is 14.9. The van der Waals surface area contributed by atoms with Crippen LogP contribution in [-0.4, -0.2) is 46.1 Å². The van der Waals surface area contributed by atoms with Crippen LogP contribution in [0.4, 0.5) is 0 Å². The molecule has 0 saturated carbocycles. The minimum absolute atomic E-state index is 0.0524. The Bertz CT molecular complexity index is 839. The number of aromatic nitrogens is 1. The van der Waals surface area contributed by atoms with Crippen LogP contribution in [0.5, 0.6) is 0 Å². The lowest BCUT2D eigenvalue weighted by molar-refractivity contribution is 0.0953. The van der Waals surface area contributed by atoms with Gasteiger partial charge in [-0.25, -0.2) is 13.1 Å². The fraction of sp³-hybridized carbons (Fsp3) is 0.333. The molecule has 0 atom stereocenters. The van der Waals surface area contributed by atoms with E-state index in [1.807, 2.05) is 12.1 Å². The lowest BCUT2D eigenvalue weighted by Crippen LogP contribution is -2.29. The van der Waals surface area contributed by atoms with Crippen molar-refractivity contribution in [2.45, 2.75) is 18.2 Å². The summed E-state index contributed by atoms with van der Waals surface area (Å²) in [6.45, 7) is 2.64. The van der Waals surface area contributed by atoms with Crippen LogP contribution in [0.3, 0.4) is 0 Å². The number of carbonyl (C=O) groups is 1. The molecule has 0 aliphatic carbocycles. The van der Waals surface area contributed by atoms with Crippen molar-refractivity contribution in [2.75, 3.05) is 26.8 Å². The highest BCUT2D eigenvalue weighted by molar-refractivity contribution is 7.89. The van der Waals surface area contributed by atoms with Crippen LogP contribution in [0, 0.1) is 6.92 Å². The zero-order valence-corrected chi connectivity index (χ0v) is 15.7. The first-order valence-corrected chi connectivity index (χ1v) is 9.68. The number of nitrogens with one attached hydrogen (secondary N) is 2. The van der Waals surface area contributed by atoms with Gasteiger partial charge >= 0.3 is 0 Å². The largest absolute Gasteiger partial charge is 0.383 e. The Labute approximate surface area is 153 Å². The summed E-state index contributed by atoms with van der Waals surface area (Å²) >= 11 is 0. The molecule has 140 valence electrons. The number of sulfonamides is 1. The van der Waals surface area contributed by atoms with Gasteiger partial charge < -0.3 is 10.1 Å². The lowest BCUT2D eigenvalue weighted by atomic mass is 10.1. The quantitative estimate of drug-likeness (QED) is 0.642. The normalized spacial score (nSPS) is 11.3. The number of benzene rings is 1. The highest BCUT2D eigenvalue weighted by atomic mass is 32.2. The topological polar surface area (TPSA) is 97.4 Å². The summed E-state index contributed by atoms with van der Waals surface area (Å²) in [6.07, 6.45) is 4.09. The van der Waals surface area contributed by atoms with Crippen LogP contribution < -0.4 is 10.0 Å². The van der Waals surface area contributed by atoms with Crippen molar-refractivity contribution >= 4 is 15.9 Å². The van der Waals surface area contributed by atoms with E-state index in [9.17, 15) is 13.2 Å². The maximum absolute atomic E-state index is 12.4. The molecule has 2 N–H and O–H groups in total. The number of carbonyl (C=O) groups excluding carboxylic acids is 1. The second kappa shape index (κ2) is 9.42. The number of hydrogen-bond acceptors (Lipinski definition) is 5. The molecule has 2 aromatic rings. The van der Waals surface area contributed by atoms with E-state index in [0.29, 0.717) is 24.1 Å². The Hall–Kier alpha value is -2.29. The van der Waals surface area contributed by atoms with Crippen molar-refractivity contribution in [1.29, 1.82) is 0 Å². The molecule has 0 bridgehead atoms. The first-order valence-electron chi connectivity index (χ1n) is 8.20. The molecule has 0 saturated heterocycles. The van der Waals surface area contributed by atoms with Gasteiger partial charge in [-0.05, 0) is 42.7 Å². The Kier molecular flexibility index (Phi) is 7.26. The lowest BCUT2D eigenvalue weighted by Gasteiger charge is -2.11. The van der Waals surface area contributed by atoms with E-state index >= 15 is 0 Å². The molecule has 26 heavy (non-hydrogen) atoms. The molecule has 1 heterocycles. The van der Waals surface area contributed by atoms with Crippen molar-refractivity contribution in [3.05, 3.63) is 59.4 Å². The molecule has 1 aromatic heterocycles. The number of rotatable bonds is 9. The number of nitrogens with zero attached hydrogens (tertiary/aromatic N) is 1. The van der Waals surface area contributed by atoms with E-state index in [0.717, 1.165) is 5.56 Å². The second-order valence-electron chi connectivity index (χ2n) is 5.73. The molecule has 1 amide bonds.